The second-order valence-electron chi connectivity index (χ2n) is 4.66. The van der Waals surface area contributed by atoms with Gasteiger partial charge in [-0.15, -0.1) is 0 Å². The normalized spacial score (nSPS) is 17.6. The van der Waals surface area contributed by atoms with E-state index in [1.165, 1.54) is 37.8 Å². The van der Waals surface area contributed by atoms with Crippen LogP contribution >= 0.6 is 0 Å². The molecule has 1 aliphatic rings. The Morgan fingerprint density at radius 2 is 2.00 bits per heavy atom. The summed E-state index contributed by atoms with van der Waals surface area (Å²) in [5.74, 6) is 1.41. The zero-order valence-corrected chi connectivity index (χ0v) is 9.95. The molecule has 1 aliphatic carbocycles. The summed E-state index contributed by atoms with van der Waals surface area (Å²) < 4.78 is 0. The van der Waals surface area contributed by atoms with Crippen molar-refractivity contribution >= 4 is 0 Å². The minimum absolute atomic E-state index is 0.133. The van der Waals surface area contributed by atoms with Crippen molar-refractivity contribution in [1.29, 1.82) is 0 Å². The van der Waals surface area contributed by atoms with Crippen LogP contribution in [-0.2, 0) is 6.42 Å². The van der Waals surface area contributed by atoms with Crippen molar-refractivity contribution in [3.8, 4) is 0 Å². The number of hydrogen-bond donors (Lipinski definition) is 1. The van der Waals surface area contributed by atoms with Gasteiger partial charge in [-0.3, -0.25) is 0 Å². The van der Waals surface area contributed by atoms with E-state index in [9.17, 15) is 0 Å². The number of hydrogen-bond acceptors (Lipinski definition) is 3. The lowest BCUT2D eigenvalue weighted by Crippen LogP contribution is -2.10. The average Bonchev–Trinajstić information content (AvgIpc) is 2.30. The van der Waals surface area contributed by atoms with Gasteiger partial charge in [-0.2, -0.15) is 0 Å². The van der Waals surface area contributed by atoms with E-state index in [0.29, 0.717) is 12.3 Å². The van der Waals surface area contributed by atoms with Crippen LogP contribution in [0.1, 0.15) is 55.2 Å². The highest BCUT2D eigenvalue weighted by Crippen LogP contribution is 2.31. The maximum absolute atomic E-state index is 8.93. The second-order valence-corrected chi connectivity index (χ2v) is 4.66. The Morgan fingerprint density at radius 3 is 2.69 bits per heavy atom. The van der Waals surface area contributed by atoms with Gasteiger partial charge < -0.3 is 5.11 Å². The lowest BCUT2D eigenvalue weighted by molar-refractivity contribution is 0.296. The van der Waals surface area contributed by atoms with Crippen LogP contribution in [0.25, 0.3) is 0 Å². The van der Waals surface area contributed by atoms with Gasteiger partial charge in [-0.05, 0) is 25.8 Å². The molecule has 1 heterocycles. The molecule has 1 N–H and O–H groups in total. The standard InChI is InChI=1S/C13H20N2O/c1-10-9-12(11-5-3-2-4-6-11)15-13(14-10)7-8-16/h9,11,16H,2-8H2,1H3. The van der Waals surface area contributed by atoms with Crippen LogP contribution in [-0.4, -0.2) is 21.7 Å². The molecule has 1 aromatic rings. The Bertz CT molecular complexity index is 346. The van der Waals surface area contributed by atoms with Crippen molar-refractivity contribution in [3.05, 3.63) is 23.3 Å². The summed E-state index contributed by atoms with van der Waals surface area (Å²) in [5, 5.41) is 8.93. The maximum Gasteiger partial charge on any atom is 0.131 e. The van der Waals surface area contributed by atoms with Crippen LogP contribution in [0.2, 0.25) is 0 Å². The Kier molecular flexibility index (Phi) is 3.88. The average molecular weight is 220 g/mol. The Labute approximate surface area is 96.9 Å². The molecule has 1 fully saturated rings. The third-order valence-electron chi connectivity index (χ3n) is 3.28. The molecule has 0 amide bonds. The summed E-state index contributed by atoms with van der Waals surface area (Å²) in [6, 6.07) is 2.11. The molecule has 1 aromatic heterocycles. The van der Waals surface area contributed by atoms with Crippen LogP contribution < -0.4 is 0 Å². The van der Waals surface area contributed by atoms with Gasteiger partial charge in [0.1, 0.15) is 5.82 Å². The van der Waals surface area contributed by atoms with Crippen molar-refractivity contribution in [2.75, 3.05) is 6.61 Å². The van der Waals surface area contributed by atoms with Crippen molar-refractivity contribution in [1.82, 2.24) is 9.97 Å². The first kappa shape index (κ1) is 11.5. The first-order valence-electron chi connectivity index (χ1n) is 6.25. The monoisotopic (exact) mass is 220 g/mol. The Balaban J connectivity index is 2.18. The van der Waals surface area contributed by atoms with E-state index in [1.54, 1.807) is 0 Å². The number of aliphatic hydroxyl groups excluding tert-OH is 1. The predicted octanol–water partition coefficient (Wildman–Crippen LogP) is 2.37. The van der Waals surface area contributed by atoms with Gasteiger partial charge in [-0.25, -0.2) is 9.97 Å². The molecule has 0 atom stereocenters. The number of aryl methyl sites for hydroxylation is 1. The highest BCUT2D eigenvalue weighted by molar-refractivity contribution is 5.15. The van der Waals surface area contributed by atoms with Crippen molar-refractivity contribution < 1.29 is 5.11 Å². The van der Waals surface area contributed by atoms with Crippen molar-refractivity contribution in [3.63, 3.8) is 0 Å². The first-order chi connectivity index (χ1) is 7.79. The van der Waals surface area contributed by atoms with Crippen LogP contribution in [0.4, 0.5) is 0 Å². The van der Waals surface area contributed by atoms with E-state index in [0.717, 1.165) is 11.5 Å². The van der Waals surface area contributed by atoms with E-state index in [-0.39, 0.29) is 6.61 Å². The Hall–Kier alpha value is -0.960. The Morgan fingerprint density at radius 1 is 1.25 bits per heavy atom. The van der Waals surface area contributed by atoms with E-state index in [1.807, 2.05) is 6.92 Å². The zero-order valence-electron chi connectivity index (χ0n) is 9.95. The smallest absolute Gasteiger partial charge is 0.131 e. The topological polar surface area (TPSA) is 46.0 Å². The SMILES string of the molecule is Cc1cc(C2CCCCC2)nc(CCO)n1. The molecule has 1 saturated carbocycles. The largest absolute Gasteiger partial charge is 0.396 e. The van der Waals surface area contributed by atoms with Gasteiger partial charge in [0.2, 0.25) is 0 Å². The fraction of sp³-hybridized carbons (Fsp3) is 0.692. The minimum Gasteiger partial charge on any atom is -0.396 e. The highest BCUT2D eigenvalue weighted by Gasteiger charge is 2.17. The summed E-state index contributed by atoms with van der Waals surface area (Å²) >= 11 is 0. The van der Waals surface area contributed by atoms with Gasteiger partial charge in [0.25, 0.3) is 0 Å². The van der Waals surface area contributed by atoms with Crippen LogP contribution in [0, 0.1) is 6.92 Å². The number of aromatic nitrogens is 2. The van der Waals surface area contributed by atoms with Gasteiger partial charge in [0.15, 0.2) is 0 Å². The number of nitrogens with zero attached hydrogens (tertiary/aromatic N) is 2. The predicted molar refractivity (Wildman–Crippen MR) is 63.4 cm³/mol. The summed E-state index contributed by atoms with van der Waals surface area (Å²) in [6.07, 6.45) is 7.10. The summed E-state index contributed by atoms with van der Waals surface area (Å²) in [5.41, 5.74) is 2.22. The van der Waals surface area contributed by atoms with Crippen LogP contribution in [0.5, 0.6) is 0 Å². The van der Waals surface area contributed by atoms with E-state index in [4.69, 9.17) is 5.11 Å². The molecular formula is C13H20N2O. The van der Waals surface area contributed by atoms with E-state index < -0.39 is 0 Å². The van der Waals surface area contributed by atoms with E-state index in [2.05, 4.69) is 16.0 Å². The van der Waals surface area contributed by atoms with Gasteiger partial charge in [-0.1, -0.05) is 19.3 Å². The van der Waals surface area contributed by atoms with Gasteiger partial charge in [0.05, 0.1) is 6.61 Å². The molecule has 0 unspecified atom stereocenters. The van der Waals surface area contributed by atoms with Crippen molar-refractivity contribution in [2.24, 2.45) is 0 Å². The summed E-state index contributed by atoms with van der Waals surface area (Å²) in [7, 11) is 0. The zero-order chi connectivity index (χ0) is 11.4. The molecule has 0 saturated heterocycles. The molecule has 0 aromatic carbocycles. The van der Waals surface area contributed by atoms with Crippen LogP contribution in [0.15, 0.2) is 6.07 Å². The minimum atomic E-state index is 0.133. The molecular weight excluding hydrogens is 200 g/mol. The third-order valence-corrected chi connectivity index (χ3v) is 3.28. The van der Waals surface area contributed by atoms with Crippen LogP contribution in [0.3, 0.4) is 0 Å². The summed E-state index contributed by atoms with van der Waals surface area (Å²) in [4.78, 5) is 8.92. The fourth-order valence-electron chi connectivity index (χ4n) is 2.48. The second kappa shape index (κ2) is 5.39. The molecule has 0 aliphatic heterocycles. The molecule has 0 bridgehead atoms. The third kappa shape index (κ3) is 2.79. The fourth-order valence-corrected chi connectivity index (χ4v) is 2.48. The molecule has 88 valence electrons. The molecule has 3 heteroatoms. The maximum atomic E-state index is 8.93. The number of rotatable bonds is 3. The molecule has 3 nitrogen and oxygen atoms in total. The molecule has 0 spiro atoms. The molecule has 16 heavy (non-hydrogen) atoms. The first-order valence-corrected chi connectivity index (χ1v) is 6.25. The summed E-state index contributed by atoms with van der Waals surface area (Å²) in [6.45, 7) is 2.14. The van der Waals surface area contributed by atoms with Crippen molar-refractivity contribution in [2.45, 2.75) is 51.4 Å². The lowest BCUT2D eigenvalue weighted by Gasteiger charge is -2.21. The quantitative estimate of drug-likeness (QED) is 0.850. The van der Waals surface area contributed by atoms with Gasteiger partial charge in [0, 0.05) is 23.7 Å². The van der Waals surface area contributed by atoms with E-state index >= 15 is 0 Å². The molecule has 0 radical (unpaired) electrons. The lowest BCUT2D eigenvalue weighted by atomic mass is 9.86. The highest BCUT2D eigenvalue weighted by atomic mass is 16.3. The molecule has 2 rings (SSSR count). The van der Waals surface area contributed by atoms with Gasteiger partial charge >= 0.3 is 0 Å². The number of aliphatic hydroxyl groups is 1.